The first-order valence-corrected chi connectivity index (χ1v) is 14.5. The van der Waals surface area contributed by atoms with E-state index in [1.165, 1.54) is 11.1 Å². The molecule has 2 unspecified atom stereocenters. The Kier molecular flexibility index (Phi) is 7.08. The van der Waals surface area contributed by atoms with Crippen LogP contribution in [0.2, 0.25) is 0 Å². The number of nitrogens with zero attached hydrogens (tertiary/aromatic N) is 1. The molecule has 1 saturated heterocycles. The zero-order valence-corrected chi connectivity index (χ0v) is 24.1. The van der Waals surface area contributed by atoms with Gasteiger partial charge < -0.3 is 24.8 Å². The molecule has 0 saturated carbocycles. The van der Waals surface area contributed by atoms with Crippen LogP contribution in [0.4, 0.5) is 0 Å². The number of aliphatic hydroxyl groups is 1. The lowest BCUT2D eigenvalue weighted by Gasteiger charge is -2.56. The first-order chi connectivity index (χ1) is 19.6. The maximum Gasteiger partial charge on any atom is 0.274 e. The van der Waals surface area contributed by atoms with Crippen molar-refractivity contribution in [2.24, 2.45) is 5.92 Å². The van der Waals surface area contributed by atoms with Gasteiger partial charge in [0.05, 0.1) is 13.2 Å². The van der Waals surface area contributed by atoms with Gasteiger partial charge in [-0.25, -0.2) is 5.48 Å². The summed E-state index contributed by atoms with van der Waals surface area (Å²) in [6, 6.07) is 11.0. The number of benzene rings is 2. The smallest absolute Gasteiger partial charge is 0.274 e. The fraction of sp³-hybridized carbons (Fsp3) is 0.500. The first-order valence-electron chi connectivity index (χ1n) is 14.5. The van der Waals surface area contributed by atoms with Crippen molar-refractivity contribution in [1.29, 1.82) is 0 Å². The molecular weight excluding hydrogens is 522 g/mol. The summed E-state index contributed by atoms with van der Waals surface area (Å²) in [6.07, 6.45) is 5.63. The van der Waals surface area contributed by atoms with Gasteiger partial charge in [0.2, 0.25) is 0 Å². The number of carbonyl (C=O) groups excluding carboxylic acids is 2. The molecule has 2 aromatic carbocycles. The monoisotopic (exact) mass is 561 g/mol. The third-order valence-electron chi connectivity index (χ3n) is 8.85. The molecular formula is C32H39N3O6. The SMILES string of the molecule is CN1CC[C@]23c4c5ccc(OCCCONC(=O)c6ccc(C(=O)NC(C)(C)C)cc6)c4OC2C(O)C=C[C@H]3[C@H]1C5. The van der Waals surface area contributed by atoms with E-state index in [0.717, 1.165) is 25.1 Å². The maximum atomic E-state index is 12.4. The summed E-state index contributed by atoms with van der Waals surface area (Å²) in [7, 11) is 2.19. The average molecular weight is 562 g/mol. The topological polar surface area (TPSA) is 109 Å². The standard InChI is InChI=1S/C32H39N3O6/c1-31(2,3)33-29(37)19-6-8-20(9-7-19)30(38)34-40-17-5-16-39-25-13-10-21-18-23-22-11-12-24(36)28-32(22,14-15-35(23)4)26(21)27(25)41-28/h6-13,22-24,28,36H,5,14-18H2,1-4H3,(H,33,37)(H,34,38)/t22-,23+,24?,28?,32-/m0/s1. The Balaban J connectivity index is 1.03. The highest BCUT2D eigenvalue weighted by molar-refractivity contribution is 5.97. The molecule has 5 atom stereocenters. The largest absolute Gasteiger partial charge is 0.490 e. The second kappa shape index (κ2) is 10.5. The normalized spacial score (nSPS) is 27.5. The van der Waals surface area contributed by atoms with E-state index in [0.29, 0.717) is 41.9 Å². The highest BCUT2D eigenvalue weighted by atomic mass is 16.7. The highest BCUT2D eigenvalue weighted by Gasteiger charge is 2.64. The number of likely N-dealkylation sites (tertiary alicyclic amines) is 1. The average Bonchev–Trinajstić information content (AvgIpc) is 3.29. The van der Waals surface area contributed by atoms with Gasteiger partial charge in [0.25, 0.3) is 11.8 Å². The van der Waals surface area contributed by atoms with E-state index < -0.39 is 6.10 Å². The van der Waals surface area contributed by atoms with E-state index in [4.69, 9.17) is 14.3 Å². The Morgan fingerprint density at radius 3 is 2.54 bits per heavy atom. The van der Waals surface area contributed by atoms with Crippen molar-refractivity contribution in [1.82, 2.24) is 15.7 Å². The predicted octanol–water partition coefficient (Wildman–Crippen LogP) is 3.15. The molecule has 2 bridgehead atoms. The minimum atomic E-state index is -0.643. The summed E-state index contributed by atoms with van der Waals surface area (Å²) >= 11 is 0. The Labute approximate surface area is 240 Å². The van der Waals surface area contributed by atoms with Crippen molar-refractivity contribution in [3.8, 4) is 11.5 Å². The van der Waals surface area contributed by atoms with Crippen molar-refractivity contribution >= 4 is 11.8 Å². The number of hydrogen-bond acceptors (Lipinski definition) is 7. The number of nitrogens with one attached hydrogen (secondary N) is 2. The predicted molar refractivity (Wildman–Crippen MR) is 153 cm³/mol. The van der Waals surface area contributed by atoms with Crippen LogP contribution in [0.5, 0.6) is 11.5 Å². The van der Waals surface area contributed by atoms with Gasteiger partial charge in [-0.1, -0.05) is 18.2 Å². The molecule has 9 heteroatoms. The molecule has 0 radical (unpaired) electrons. The minimum absolute atomic E-state index is 0.190. The quantitative estimate of drug-likeness (QED) is 0.258. The van der Waals surface area contributed by atoms with Crippen molar-refractivity contribution in [2.75, 3.05) is 26.8 Å². The summed E-state index contributed by atoms with van der Waals surface area (Å²) in [4.78, 5) is 32.6. The second-order valence-corrected chi connectivity index (χ2v) is 12.7. The zero-order valence-electron chi connectivity index (χ0n) is 24.1. The lowest BCUT2D eigenvalue weighted by atomic mass is 9.53. The van der Waals surface area contributed by atoms with E-state index >= 15 is 0 Å². The summed E-state index contributed by atoms with van der Waals surface area (Å²) in [6.45, 7) is 7.37. The Morgan fingerprint density at radius 2 is 1.80 bits per heavy atom. The molecule has 6 rings (SSSR count). The highest BCUT2D eigenvalue weighted by Crippen LogP contribution is 2.62. The molecule has 2 heterocycles. The van der Waals surface area contributed by atoms with Crippen LogP contribution < -0.4 is 20.3 Å². The number of aliphatic hydroxyl groups excluding tert-OH is 1. The summed E-state index contributed by atoms with van der Waals surface area (Å²) in [5.41, 5.74) is 5.30. The van der Waals surface area contributed by atoms with Crippen LogP contribution in [0, 0.1) is 5.92 Å². The Hall–Kier alpha value is -3.40. The summed E-state index contributed by atoms with van der Waals surface area (Å²) in [5.74, 6) is 1.20. The molecule has 0 aromatic heterocycles. The number of amides is 2. The maximum absolute atomic E-state index is 12.4. The molecule has 4 aliphatic rings. The number of hydrogen-bond donors (Lipinski definition) is 3. The second-order valence-electron chi connectivity index (χ2n) is 12.7. The van der Waals surface area contributed by atoms with Crippen LogP contribution in [-0.2, 0) is 16.7 Å². The van der Waals surface area contributed by atoms with E-state index in [9.17, 15) is 14.7 Å². The van der Waals surface area contributed by atoms with Crippen LogP contribution in [-0.4, -0.2) is 72.4 Å². The third kappa shape index (κ3) is 4.90. The third-order valence-corrected chi connectivity index (χ3v) is 8.85. The fourth-order valence-corrected chi connectivity index (χ4v) is 7.02. The van der Waals surface area contributed by atoms with Gasteiger partial charge >= 0.3 is 0 Å². The number of likely N-dealkylation sites (N-methyl/N-ethyl adjacent to an activating group) is 1. The van der Waals surface area contributed by atoms with Gasteiger partial charge in [0.1, 0.15) is 12.2 Å². The van der Waals surface area contributed by atoms with Crippen LogP contribution >= 0.6 is 0 Å². The molecule has 9 nitrogen and oxygen atoms in total. The number of carbonyl (C=O) groups is 2. The van der Waals surface area contributed by atoms with Gasteiger partial charge in [-0.15, -0.1) is 0 Å². The molecule has 41 heavy (non-hydrogen) atoms. The van der Waals surface area contributed by atoms with Crippen LogP contribution in [0.15, 0.2) is 48.6 Å². The molecule has 2 amide bonds. The summed E-state index contributed by atoms with van der Waals surface area (Å²) < 4.78 is 12.7. The number of rotatable bonds is 8. The van der Waals surface area contributed by atoms with Gasteiger partial charge in [0, 0.05) is 46.0 Å². The van der Waals surface area contributed by atoms with Gasteiger partial charge in [0.15, 0.2) is 11.5 Å². The van der Waals surface area contributed by atoms with E-state index in [2.05, 4.69) is 34.9 Å². The number of hydroxylamine groups is 1. The van der Waals surface area contributed by atoms with E-state index in [1.807, 2.05) is 32.9 Å². The van der Waals surface area contributed by atoms with Crippen molar-refractivity contribution in [2.45, 2.75) is 69.2 Å². The first kappa shape index (κ1) is 27.8. The summed E-state index contributed by atoms with van der Waals surface area (Å²) in [5, 5.41) is 13.8. The van der Waals surface area contributed by atoms with Gasteiger partial charge in [-0.3, -0.25) is 14.4 Å². The number of piperidine rings is 1. The Morgan fingerprint density at radius 1 is 1.07 bits per heavy atom. The fourth-order valence-electron chi connectivity index (χ4n) is 7.02. The van der Waals surface area contributed by atoms with Crippen molar-refractivity contribution < 1.29 is 29.0 Å². The zero-order chi connectivity index (χ0) is 28.9. The van der Waals surface area contributed by atoms with E-state index in [1.54, 1.807) is 24.3 Å². The minimum Gasteiger partial charge on any atom is -0.490 e. The Bertz CT molecular complexity index is 1370. The number of ether oxygens (including phenoxy) is 2. The molecule has 1 fully saturated rings. The molecule has 218 valence electrons. The van der Waals surface area contributed by atoms with Gasteiger partial charge in [-0.2, -0.15) is 0 Å². The lowest BCUT2D eigenvalue weighted by Crippen LogP contribution is -2.64. The van der Waals surface area contributed by atoms with Crippen LogP contribution in [0.3, 0.4) is 0 Å². The molecule has 1 spiro atoms. The molecule has 3 N–H and O–H groups in total. The molecule has 2 aromatic rings. The van der Waals surface area contributed by atoms with Gasteiger partial charge in [-0.05, 0) is 83.1 Å². The van der Waals surface area contributed by atoms with Crippen LogP contribution in [0.25, 0.3) is 0 Å². The van der Waals surface area contributed by atoms with Crippen LogP contribution in [0.1, 0.15) is 65.5 Å². The van der Waals surface area contributed by atoms with Crippen molar-refractivity contribution in [3.05, 3.63) is 70.8 Å². The lowest BCUT2D eigenvalue weighted by molar-refractivity contribution is -0.0454. The van der Waals surface area contributed by atoms with E-state index in [-0.39, 0.29) is 35.5 Å². The molecule has 2 aliphatic carbocycles. The molecule has 2 aliphatic heterocycles. The van der Waals surface area contributed by atoms with Crippen molar-refractivity contribution in [3.63, 3.8) is 0 Å².